The summed E-state index contributed by atoms with van der Waals surface area (Å²) < 4.78 is 5.77. The van der Waals surface area contributed by atoms with Crippen molar-refractivity contribution in [1.82, 2.24) is 4.98 Å². The molecule has 17 heavy (non-hydrogen) atoms. The van der Waals surface area contributed by atoms with Gasteiger partial charge in [0.25, 0.3) is 0 Å². The molecule has 1 heterocycles. The molecule has 0 aliphatic heterocycles. The molecule has 0 amide bonds. The lowest BCUT2D eigenvalue weighted by Crippen LogP contribution is -2.08. The molecule has 1 aromatic carbocycles. The number of hydrogen-bond donors (Lipinski definition) is 1. The molecule has 2 N–H and O–H groups in total. The molecule has 90 valence electrons. The van der Waals surface area contributed by atoms with Crippen LogP contribution in [-0.4, -0.2) is 4.98 Å². The number of nitrogens with zero attached hydrogens (tertiary/aromatic N) is 1. The van der Waals surface area contributed by atoms with Gasteiger partial charge in [0.2, 0.25) is 0 Å². The van der Waals surface area contributed by atoms with Crippen molar-refractivity contribution in [3.05, 3.63) is 45.9 Å². The van der Waals surface area contributed by atoms with Crippen molar-refractivity contribution in [2.75, 3.05) is 0 Å². The summed E-state index contributed by atoms with van der Waals surface area (Å²) in [7, 11) is 0. The Morgan fingerprint density at radius 1 is 1.47 bits per heavy atom. The van der Waals surface area contributed by atoms with Crippen LogP contribution in [0.25, 0.3) is 0 Å². The summed E-state index contributed by atoms with van der Waals surface area (Å²) in [4.78, 5) is 4.19. The molecule has 0 spiro atoms. The summed E-state index contributed by atoms with van der Waals surface area (Å²) >= 11 is 1.59. The van der Waals surface area contributed by atoms with E-state index in [1.54, 1.807) is 17.5 Å². The highest BCUT2D eigenvalue weighted by molar-refractivity contribution is 7.09. The Kier molecular flexibility index (Phi) is 3.76. The second kappa shape index (κ2) is 5.29. The van der Waals surface area contributed by atoms with Gasteiger partial charge >= 0.3 is 0 Å². The molecule has 0 saturated heterocycles. The first kappa shape index (κ1) is 12.1. The minimum absolute atomic E-state index is 0.0267. The highest BCUT2D eigenvalue weighted by Crippen LogP contribution is 2.26. The molecule has 1 aromatic heterocycles. The number of nitrogens with two attached hydrogens (primary N) is 1. The van der Waals surface area contributed by atoms with Gasteiger partial charge in [0.15, 0.2) is 0 Å². The van der Waals surface area contributed by atoms with Crippen LogP contribution < -0.4 is 10.5 Å². The largest absolute Gasteiger partial charge is 0.486 e. The molecule has 4 heteroatoms. The lowest BCUT2D eigenvalue weighted by atomic mass is 10.1. The Balaban J connectivity index is 2.14. The van der Waals surface area contributed by atoms with Crippen molar-refractivity contribution in [3.63, 3.8) is 0 Å². The summed E-state index contributed by atoms with van der Waals surface area (Å²) in [5.74, 6) is 0.848. The van der Waals surface area contributed by atoms with E-state index in [4.69, 9.17) is 10.5 Å². The number of thiazole rings is 1. The zero-order chi connectivity index (χ0) is 12.3. The van der Waals surface area contributed by atoms with Crippen molar-refractivity contribution in [1.29, 1.82) is 0 Å². The minimum Gasteiger partial charge on any atom is -0.486 e. The van der Waals surface area contributed by atoms with Crippen LogP contribution in [0.2, 0.25) is 0 Å². The van der Waals surface area contributed by atoms with Crippen molar-refractivity contribution in [2.24, 2.45) is 5.73 Å². The first-order valence-electron chi connectivity index (χ1n) is 5.54. The molecular formula is C13H16N2OS. The third-order valence-electron chi connectivity index (χ3n) is 2.49. The first-order chi connectivity index (χ1) is 8.16. The number of rotatable bonds is 4. The Morgan fingerprint density at radius 3 is 2.94 bits per heavy atom. The van der Waals surface area contributed by atoms with Crippen LogP contribution in [0.5, 0.6) is 5.75 Å². The van der Waals surface area contributed by atoms with Crippen molar-refractivity contribution < 1.29 is 4.74 Å². The van der Waals surface area contributed by atoms with Gasteiger partial charge in [-0.25, -0.2) is 4.98 Å². The Labute approximate surface area is 105 Å². The minimum atomic E-state index is -0.0267. The number of aromatic nitrogens is 1. The van der Waals surface area contributed by atoms with Crippen LogP contribution in [0, 0.1) is 6.92 Å². The van der Waals surface area contributed by atoms with E-state index in [1.807, 2.05) is 24.4 Å². The van der Waals surface area contributed by atoms with E-state index in [9.17, 15) is 0 Å². The number of ether oxygens (including phenoxy) is 1. The molecule has 0 radical (unpaired) electrons. The molecule has 1 atom stereocenters. The maximum atomic E-state index is 5.94. The van der Waals surface area contributed by atoms with Gasteiger partial charge in [0.1, 0.15) is 17.4 Å². The van der Waals surface area contributed by atoms with Crippen molar-refractivity contribution in [3.8, 4) is 5.75 Å². The topological polar surface area (TPSA) is 48.1 Å². The zero-order valence-corrected chi connectivity index (χ0v) is 10.8. The highest BCUT2D eigenvalue weighted by Gasteiger charge is 2.09. The molecule has 0 fully saturated rings. The monoisotopic (exact) mass is 248 g/mol. The molecule has 1 unspecified atom stereocenters. The quantitative estimate of drug-likeness (QED) is 0.904. The van der Waals surface area contributed by atoms with Crippen molar-refractivity contribution in [2.45, 2.75) is 26.5 Å². The summed E-state index contributed by atoms with van der Waals surface area (Å²) in [5.41, 5.74) is 8.18. The lowest BCUT2D eigenvalue weighted by molar-refractivity contribution is 0.301. The highest BCUT2D eigenvalue weighted by atomic mass is 32.1. The fourth-order valence-electron chi connectivity index (χ4n) is 1.62. The van der Waals surface area contributed by atoms with E-state index in [-0.39, 0.29) is 6.04 Å². The molecule has 0 saturated carbocycles. The molecular weight excluding hydrogens is 232 g/mol. The van der Waals surface area contributed by atoms with E-state index in [0.717, 1.165) is 16.3 Å². The van der Waals surface area contributed by atoms with Crippen molar-refractivity contribution >= 4 is 11.3 Å². The Bertz CT molecular complexity index is 480. The normalized spacial score (nSPS) is 12.4. The van der Waals surface area contributed by atoms with Gasteiger partial charge in [-0.1, -0.05) is 17.7 Å². The predicted octanol–water partition coefficient (Wildman–Crippen LogP) is 3.05. The van der Waals surface area contributed by atoms with E-state index >= 15 is 0 Å². The number of hydrogen-bond acceptors (Lipinski definition) is 4. The summed E-state index contributed by atoms with van der Waals surface area (Å²) in [6.07, 6.45) is 1.78. The van der Waals surface area contributed by atoms with Gasteiger partial charge in [0.05, 0.1) is 0 Å². The molecule has 0 aliphatic carbocycles. The van der Waals surface area contributed by atoms with E-state index < -0.39 is 0 Å². The summed E-state index contributed by atoms with van der Waals surface area (Å²) in [5, 5.41) is 2.92. The molecule has 2 aromatic rings. The lowest BCUT2D eigenvalue weighted by Gasteiger charge is -2.14. The fraction of sp³-hybridized carbons (Fsp3) is 0.308. The molecule has 2 rings (SSSR count). The van der Waals surface area contributed by atoms with Crippen LogP contribution in [-0.2, 0) is 6.61 Å². The van der Waals surface area contributed by atoms with Crippen LogP contribution in [0.4, 0.5) is 0 Å². The third-order valence-corrected chi connectivity index (χ3v) is 3.24. The Hall–Kier alpha value is -1.39. The number of benzene rings is 1. The molecule has 0 bridgehead atoms. The Morgan fingerprint density at radius 2 is 2.29 bits per heavy atom. The average Bonchev–Trinajstić information content (AvgIpc) is 2.80. The summed E-state index contributed by atoms with van der Waals surface area (Å²) in [6, 6.07) is 6.05. The van der Waals surface area contributed by atoms with Gasteiger partial charge in [-0.2, -0.15) is 0 Å². The number of aryl methyl sites for hydroxylation is 1. The van der Waals surface area contributed by atoms with Crippen LogP contribution in [0.1, 0.15) is 29.1 Å². The SMILES string of the molecule is Cc1ccc(OCc2nccs2)c(C(C)N)c1. The standard InChI is InChI=1S/C13H16N2OS/c1-9-3-4-12(11(7-9)10(2)14)16-8-13-15-5-6-17-13/h3-7,10H,8,14H2,1-2H3. The van der Waals surface area contributed by atoms with E-state index in [1.165, 1.54) is 5.56 Å². The van der Waals surface area contributed by atoms with Crippen LogP contribution >= 0.6 is 11.3 Å². The maximum Gasteiger partial charge on any atom is 0.140 e. The van der Waals surface area contributed by atoms with Crippen LogP contribution in [0.15, 0.2) is 29.8 Å². The van der Waals surface area contributed by atoms with E-state index in [2.05, 4.69) is 18.0 Å². The molecule has 0 aliphatic rings. The second-order valence-electron chi connectivity index (χ2n) is 4.04. The van der Waals surface area contributed by atoms with Gasteiger partial charge in [-0.15, -0.1) is 11.3 Å². The average molecular weight is 248 g/mol. The first-order valence-corrected chi connectivity index (χ1v) is 6.42. The zero-order valence-electron chi connectivity index (χ0n) is 10.0. The summed E-state index contributed by atoms with van der Waals surface area (Å²) in [6.45, 7) is 4.52. The van der Waals surface area contributed by atoms with Gasteiger partial charge in [-0.05, 0) is 19.9 Å². The van der Waals surface area contributed by atoms with E-state index in [0.29, 0.717) is 6.61 Å². The predicted molar refractivity (Wildman–Crippen MR) is 70.2 cm³/mol. The fourth-order valence-corrected chi connectivity index (χ4v) is 2.15. The second-order valence-corrected chi connectivity index (χ2v) is 5.02. The van der Waals surface area contributed by atoms with Gasteiger partial charge < -0.3 is 10.5 Å². The molecule has 3 nitrogen and oxygen atoms in total. The third kappa shape index (κ3) is 3.05. The van der Waals surface area contributed by atoms with Gasteiger partial charge in [-0.3, -0.25) is 0 Å². The van der Waals surface area contributed by atoms with Crippen LogP contribution in [0.3, 0.4) is 0 Å². The smallest absolute Gasteiger partial charge is 0.140 e. The maximum absolute atomic E-state index is 5.94. The van der Waals surface area contributed by atoms with Gasteiger partial charge in [0, 0.05) is 23.2 Å².